The van der Waals surface area contributed by atoms with Gasteiger partial charge in [-0.2, -0.15) is 0 Å². The first kappa shape index (κ1) is 8.58. The van der Waals surface area contributed by atoms with Crippen molar-refractivity contribution in [3.63, 3.8) is 0 Å². The Hall–Kier alpha value is -0.520. The molecule has 1 aliphatic carbocycles. The number of hydrogen-bond donors (Lipinski definition) is 0. The van der Waals surface area contributed by atoms with Crippen LogP contribution in [0.2, 0.25) is 0 Å². The third-order valence-electron chi connectivity index (χ3n) is 2.76. The van der Waals surface area contributed by atoms with Crippen molar-refractivity contribution in [3.8, 4) is 0 Å². The largest absolute Gasteiger partial charge is 0.0839 e. The molecule has 0 bridgehead atoms. The maximum Gasteiger partial charge on any atom is -0.0231 e. The highest BCUT2D eigenvalue weighted by Gasteiger charge is 2.08. The van der Waals surface area contributed by atoms with E-state index in [2.05, 4.69) is 32.9 Å². The smallest absolute Gasteiger partial charge is 0.0231 e. The minimum Gasteiger partial charge on any atom is -0.0839 e. The van der Waals surface area contributed by atoms with Crippen molar-refractivity contribution in [1.82, 2.24) is 0 Å². The van der Waals surface area contributed by atoms with Crippen LogP contribution in [0.15, 0.2) is 23.3 Å². The van der Waals surface area contributed by atoms with Crippen molar-refractivity contribution in [1.29, 1.82) is 0 Å². The van der Waals surface area contributed by atoms with Crippen molar-refractivity contribution < 1.29 is 0 Å². The van der Waals surface area contributed by atoms with Crippen LogP contribution in [0.25, 0.3) is 0 Å². The molecule has 1 rings (SSSR count). The van der Waals surface area contributed by atoms with E-state index in [1.807, 2.05) is 0 Å². The first-order chi connectivity index (χ1) is 5.25. The Balaban J connectivity index is 2.69. The second kappa shape index (κ2) is 3.75. The van der Waals surface area contributed by atoms with Gasteiger partial charge in [0.1, 0.15) is 0 Å². The van der Waals surface area contributed by atoms with Gasteiger partial charge in [0.05, 0.1) is 0 Å². The molecule has 0 aromatic heterocycles. The highest BCUT2D eigenvalue weighted by atomic mass is 14.1. The van der Waals surface area contributed by atoms with Gasteiger partial charge in [0.15, 0.2) is 0 Å². The normalized spacial score (nSPS) is 23.9. The van der Waals surface area contributed by atoms with E-state index < -0.39 is 0 Å². The fourth-order valence-corrected chi connectivity index (χ4v) is 1.50. The topological polar surface area (TPSA) is 0 Å². The maximum absolute atomic E-state index is 2.31. The highest BCUT2D eigenvalue weighted by molar-refractivity contribution is 5.30. The van der Waals surface area contributed by atoms with Crippen molar-refractivity contribution in [3.05, 3.63) is 23.3 Å². The zero-order valence-corrected chi connectivity index (χ0v) is 7.85. The molecule has 0 nitrogen and oxygen atoms in total. The lowest BCUT2D eigenvalue weighted by Crippen LogP contribution is -1.96. The Morgan fingerprint density at radius 1 is 1.64 bits per heavy atom. The monoisotopic (exact) mass is 150 g/mol. The molecule has 0 fully saturated rings. The van der Waals surface area contributed by atoms with Crippen LogP contribution in [-0.4, -0.2) is 0 Å². The van der Waals surface area contributed by atoms with Gasteiger partial charge in [0, 0.05) is 0 Å². The molecule has 0 aliphatic heterocycles. The summed E-state index contributed by atoms with van der Waals surface area (Å²) in [5.41, 5.74) is 3.18. The average molecular weight is 150 g/mol. The van der Waals surface area contributed by atoms with Gasteiger partial charge in [-0.05, 0) is 37.7 Å². The Kier molecular flexibility index (Phi) is 2.92. The maximum atomic E-state index is 2.31. The predicted molar refractivity (Wildman–Crippen MR) is 50.5 cm³/mol. The van der Waals surface area contributed by atoms with Crippen LogP contribution in [-0.2, 0) is 0 Å². The molecule has 0 aromatic rings. The van der Waals surface area contributed by atoms with E-state index in [1.165, 1.54) is 19.3 Å². The summed E-state index contributed by atoms with van der Waals surface area (Å²) in [5, 5.41) is 0. The van der Waals surface area contributed by atoms with E-state index in [0.717, 1.165) is 5.92 Å². The summed E-state index contributed by atoms with van der Waals surface area (Å²) < 4.78 is 0. The first-order valence-corrected chi connectivity index (χ1v) is 4.62. The van der Waals surface area contributed by atoms with E-state index in [0.29, 0.717) is 0 Å². The van der Waals surface area contributed by atoms with Crippen LogP contribution in [0, 0.1) is 5.92 Å². The summed E-state index contributed by atoms with van der Waals surface area (Å²) in [6.45, 7) is 6.85. The van der Waals surface area contributed by atoms with Crippen LogP contribution < -0.4 is 0 Å². The number of allylic oxidation sites excluding steroid dienone is 4. The summed E-state index contributed by atoms with van der Waals surface area (Å²) in [4.78, 5) is 0. The second-order valence-corrected chi connectivity index (χ2v) is 3.46. The fourth-order valence-electron chi connectivity index (χ4n) is 1.50. The van der Waals surface area contributed by atoms with Gasteiger partial charge in [0.2, 0.25) is 0 Å². The Labute approximate surface area is 70.0 Å². The SMILES string of the molecule is CCC(C)/C(C)=C1/C=CCC1. The average Bonchev–Trinajstić information content (AvgIpc) is 2.53. The van der Waals surface area contributed by atoms with Crippen molar-refractivity contribution in [2.45, 2.75) is 40.0 Å². The molecular formula is C11H18. The molecule has 62 valence electrons. The number of rotatable bonds is 2. The third kappa shape index (κ3) is 1.95. The van der Waals surface area contributed by atoms with E-state index in [-0.39, 0.29) is 0 Å². The lowest BCUT2D eigenvalue weighted by atomic mass is 9.95. The predicted octanol–water partition coefficient (Wildman–Crippen LogP) is 3.70. The van der Waals surface area contributed by atoms with Gasteiger partial charge in [0.25, 0.3) is 0 Å². The first-order valence-electron chi connectivity index (χ1n) is 4.62. The van der Waals surface area contributed by atoms with E-state index >= 15 is 0 Å². The molecule has 0 heteroatoms. The standard InChI is InChI=1S/C11H18/c1-4-9(2)10(3)11-7-5-6-8-11/h5,7,9H,4,6,8H2,1-3H3/b11-10-. The molecule has 0 heterocycles. The fraction of sp³-hybridized carbons (Fsp3) is 0.636. The zero-order valence-electron chi connectivity index (χ0n) is 7.85. The van der Waals surface area contributed by atoms with Crippen LogP contribution in [0.1, 0.15) is 40.0 Å². The highest BCUT2D eigenvalue weighted by Crippen LogP contribution is 2.25. The van der Waals surface area contributed by atoms with E-state index in [9.17, 15) is 0 Å². The number of hydrogen-bond acceptors (Lipinski definition) is 0. The van der Waals surface area contributed by atoms with E-state index in [4.69, 9.17) is 0 Å². The van der Waals surface area contributed by atoms with Gasteiger partial charge >= 0.3 is 0 Å². The second-order valence-electron chi connectivity index (χ2n) is 3.46. The Morgan fingerprint density at radius 2 is 2.36 bits per heavy atom. The summed E-state index contributed by atoms with van der Waals surface area (Å²) in [7, 11) is 0. The summed E-state index contributed by atoms with van der Waals surface area (Å²) in [6, 6.07) is 0. The Bertz CT molecular complexity index is 184. The molecule has 1 unspecified atom stereocenters. The van der Waals surface area contributed by atoms with Crippen LogP contribution in [0.3, 0.4) is 0 Å². The minimum atomic E-state index is 0.771. The lowest BCUT2D eigenvalue weighted by Gasteiger charge is -2.11. The molecule has 0 spiro atoms. The van der Waals surface area contributed by atoms with Gasteiger partial charge < -0.3 is 0 Å². The Morgan fingerprint density at radius 3 is 2.82 bits per heavy atom. The van der Waals surface area contributed by atoms with Crippen LogP contribution in [0.5, 0.6) is 0 Å². The molecule has 1 atom stereocenters. The molecule has 0 radical (unpaired) electrons. The molecule has 0 amide bonds. The van der Waals surface area contributed by atoms with Crippen LogP contribution >= 0.6 is 0 Å². The molecule has 11 heavy (non-hydrogen) atoms. The van der Waals surface area contributed by atoms with Gasteiger partial charge in [-0.15, -0.1) is 0 Å². The molecule has 0 N–H and O–H groups in total. The van der Waals surface area contributed by atoms with Crippen LogP contribution in [0.4, 0.5) is 0 Å². The quantitative estimate of drug-likeness (QED) is 0.563. The molecule has 0 saturated carbocycles. The summed E-state index contributed by atoms with van der Waals surface area (Å²) in [6.07, 6.45) is 8.37. The van der Waals surface area contributed by atoms with Crippen molar-refractivity contribution >= 4 is 0 Å². The minimum absolute atomic E-state index is 0.771. The van der Waals surface area contributed by atoms with Gasteiger partial charge in [-0.3, -0.25) is 0 Å². The molecular weight excluding hydrogens is 132 g/mol. The van der Waals surface area contributed by atoms with Crippen molar-refractivity contribution in [2.24, 2.45) is 5.92 Å². The molecule has 0 saturated heterocycles. The molecule has 0 aromatic carbocycles. The lowest BCUT2D eigenvalue weighted by molar-refractivity contribution is 0.647. The third-order valence-corrected chi connectivity index (χ3v) is 2.76. The summed E-state index contributed by atoms with van der Waals surface area (Å²) >= 11 is 0. The summed E-state index contributed by atoms with van der Waals surface area (Å²) in [5.74, 6) is 0.771. The van der Waals surface area contributed by atoms with Gasteiger partial charge in [-0.1, -0.05) is 31.6 Å². The zero-order chi connectivity index (χ0) is 8.27. The van der Waals surface area contributed by atoms with Gasteiger partial charge in [-0.25, -0.2) is 0 Å². The van der Waals surface area contributed by atoms with Crippen molar-refractivity contribution in [2.75, 3.05) is 0 Å². The molecule has 1 aliphatic rings. The van der Waals surface area contributed by atoms with E-state index in [1.54, 1.807) is 11.1 Å².